The van der Waals surface area contributed by atoms with Crippen LogP contribution < -0.4 is 31.9 Å². The predicted molar refractivity (Wildman–Crippen MR) is 323 cm³/mol. The quantitative estimate of drug-likeness (QED) is 0.0503. The topological polar surface area (TPSA) is 265 Å². The summed E-state index contributed by atoms with van der Waals surface area (Å²) >= 11 is 12.4. The van der Waals surface area contributed by atoms with Gasteiger partial charge >= 0.3 is 23.8 Å². The normalized spacial score (nSPS) is 16.8. The van der Waals surface area contributed by atoms with Gasteiger partial charge in [0.25, 0.3) is 0 Å². The van der Waals surface area contributed by atoms with E-state index < -0.39 is 35.0 Å². The van der Waals surface area contributed by atoms with Gasteiger partial charge in [-0.3, -0.25) is 9.59 Å². The highest BCUT2D eigenvalue weighted by Gasteiger charge is 2.27. The Hall–Kier alpha value is -7.62. The molecule has 4 aromatic heterocycles. The molecule has 0 spiro atoms. The van der Waals surface area contributed by atoms with E-state index in [-0.39, 0.29) is 69.3 Å². The third-order valence-corrected chi connectivity index (χ3v) is 13.7. The van der Waals surface area contributed by atoms with E-state index in [2.05, 4.69) is 81.9 Å². The smallest absolute Gasteiger partial charge is 0.407 e. The molecule has 4 amide bonds. The van der Waals surface area contributed by atoms with E-state index in [1.54, 1.807) is 53.9 Å². The number of halogens is 2. The van der Waals surface area contributed by atoms with Gasteiger partial charge in [-0.05, 0) is 117 Å². The molecule has 20 nitrogen and oxygen atoms in total. The molecule has 2 fully saturated rings. The number of aromatic amines is 1. The van der Waals surface area contributed by atoms with Crippen LogP contribution in [0.4, 0.5) is 21.5 Å². The fourth-order valence-corrected chi connectivity index (χ4v) is 10.1. The number of amides is 4. The average molecular weight is 1180 g/mol. The number of hydrogen-bond acceptors (Lipinski definition) is 14. The third-order valence-electron chi connectivity index (χ3n) is 13.1. The number of ether oxygens (including phenoxy) is 2. The van der Waals surface area contributed by atoms with Crippen LogP contribution in [-0.4, -0.2) is 110 Å². The van der Waals surface area contributed by atoms with Crippen molar-refractivity contribution in [2.45, 2.75) is 149 Å². The molecule has 9 rings (SSSR count). The number of benzene rings is 3. The number of H-pyrrole nitrogens is 1. The number of aromatic nitrogens is 6. The van der Waals surface area contributed by atoms with Crippen LogP contribution in [0.2, 0.25) is 10.0 Å². The fraction of sp³-hybridized carbons (Fsp3) is 0.424. The van der Waals surface area contributed by atoms with Crippen LogP contribution in [-0.2, 0) is 30.6 Å². The van der Waals surface area contributed by atoms with Crippen molar-refractivity contribution in [2.24, 2.45) is 0 Å². The Bertz CT molecular complexity index is 3310. The Morgan fingerprint density at radius 1 is 0.634 bits per heavy atom. The second kappa shape index (κ2) is 29.9. The van der Waals surface area contributed by atoms with Crippen LogP contribution in [0.25, 0.3) is 50.0 Å². The maximum Gasteiger partial charge on any atom is 0.407 e. The number of nitrogens with one attached hydrogen (secondary N) is 7. The molecule has 0 bridgehead atoms. The lowest BCUT2D eigenvalue weighted by Crippen LogP contribution is -2.43. The minimum absolute atomic E-state index is 0. The molecule has 4 heterocycles. The summed E-state index contributed by atoms with van der Waals surface area (Å²) in [6.07, 6.45) is 13.7. The van der Waals surface area contributed by atoms with Gasteiger partial charge in [-0.25, -0.2) is 29.5 Å². The molecule has 438 valence electrons. The first kappa shape index (κ1) is 63.6. The number of anilines is 2. The van der Waals surface area contributed by atoms with E-state index in [1.807, 2.05) is 60.8 Å². The molecular weight excluding hydrogens is 1110 g/mol. The first-order valence-corrected chi connectivity index (χ1v) is 28.4. The van der Waals surface area contributed by atoms with Crippen LogP contribution in [0.1, 0.15) is 113 Å². The number of nitrogens with zero attached hydrogens (tertiary/aromatic N) is 5. The summed E-state index contributed by atoms with van der Waals surface area (Å²) in [7, 11) is 0. The minimum atomic E-state index is -0.750. The first-order valence-electron chi connectivity index (χ1n) is 27.0. The van der Waals surface area contributed by atoms with E-state index in [1.165, 1.54) is 0 Å². The molecule has 23 heteroatoms. The standard InChI is InChI=1S/C32H37ClN6O3.C26H33ClN6O3.CH4.O2S/c1-32(2,3)42-31(41)34-17-16-28(40)36-21-10-9-11-22(18-21)37-30-35-19-26(33)29(38-30)25-20-39(23-12-5-4-6-13-23)27-15-8-7-14-24(25)27;1-26(2,3)36-25(35)28-12-11-22(34)31-16-7-6-8-17(13-16)32-24-30-15-20(27)23(33-24)19-14-29-21-10-5-4-9-18(19)21;;1-3-2/h4-8,12-15,19-22H,9-11,16-18H2,1-3H3,(H,34,41)(H,36,40)(H,35,37,38);4-5,9-10,14-17,29H,6-8,11-13H2,1-3H3,(H,28,35)(H,31,34)(H,30,32,33);1H4;/t21-,22+;16-,17+;;/m00../s1. The molecule has 0 unspecified atom stereocenters. The van der Waals surface area contributed by atoms with E-state index in [0.29, 0.717) is 33.3 Å². The van der Waals surface area contributed by atoms with Crippen molar-refractivity contribution < 1.29 is 37.1 Å². The van der Waals surface area contributed by atoms with Crippen LogP contribution in [0, 0.1) is 0 Å². The molecule has 82 heavy (non-hydrogen) atoms. The van der Waals surface area contributed by atoms with E-state index in [9.17, 15) is 19.2 Å². The summed E-state index contributed by atoms with van der Waals surface area (Å²) in [6.45, 7) is 11.2. The summed E-state index contributed by atoms with van der Waals surface area (Å²) in [6, 6.07) is 26.7. The largest absolute Gasteiger partial charge is 0.444 e. The minimum Gasteiger partial charge on any atom is -0.444 e. The summed E-state index contributed by atoms with van der Waals surface area (Å²) in [4.78, 5) is 70.2. The van der Waals surface area contributed by atoms with Crippen LogP contribution in [0.5, 0.6) is 0 Å². The molecule has 3 aromatic carbocycles. The zero-order valence-electron chi connectivity index (χ0n) is 46.3. The molecule has 2 aliphatic rings. The SMILES string of the molecule is C.CC(C)(C)OC(=O)NCCC(=O)N[C@H]1CCC[C@@H](Nc2ncc(Cl)c(-c3c[nH]c4ccccc34)n2)C1.CC(C)(C)OC(=O)NCCC(=O)N[C@H]1CCC[C@@H](Nc2ncc(Cl)c(-c3cn(-c4ccccc4)c4ccccc34)n2)C1.O=S=O. The van der Waals surface area contributed by atoms with Gasteiger partial charge in [0.05, 0.1) is 39.3 Å². The number of para-hydroxylation sites is 3. The summed E-state index contributed by atoms with van der Waals surface area (Å²) in [5.41, 5.74) is 5.18. The summed E-state index contributed by atoms with van der Waals surface area (Å²) in [5.74, 6) is 0.820. The molecule has 7 aromatic rings. The van der Waals surface area contributed by atoms with Crippen LogP contribution in [0.15, 0.2) is 104 Å². The van der Waals surface area contributed by atoms with Gasteiger partial charge < -0.3 is 50.9 Å². The first-order chi connectivity index (χ1) is 38.7. The molecule has 7 N–H and O–H groups in total. The van der Waals surface area contributed by atoms with E-state index >= 15 is 0 Å². The lowest BCUT2D eigenvalue weighted by Gasteiger charge is -2.30. The Balaban J connectivity index is 0.000000251. The molecule has 2 saturated carbocycles. The van der Waals surface area contributed by atoms with Gasteiger partial charge in [0.1, 0.15) is 11.2 Å². The van der Waals surface area contributed by atoms with Crippen LogP contribution >= 0.6 is 23.2 Å². The number of rotatable bonds is 15. The van der Waals surface area contributed by atoms with Gasteiger partial charge in [0.2, 0.25) is 23.7 Å². The zero-order chi connectivity index (χ0) is 58.1. The van der Waals surface area contributed by atoms with Gasteiger partial charge in [-0.1, -0.05) is 85.2 Å². The number of alkyl carbamates (subject to hydrolysis) is 2. The predicted octanol–water partition coefficient (Wildman–Crippen LogP) is 11.5. The third kappa shape index (κ3) is 19.0. The average Bonchev–Trinajstić information content (AvgIpc) is 4.25. The van der Waals surface area contributed by atoms with Crippen molar-refractivity contribution in [3.63, 3.8) is 0 Å². The number of fused-ring (bicyclic) bond motifs is 2. The van der Waals surface area contributed by atoms with Gasteiger partial charge in [0, 0.05) is 95.6 Å². The summed E-state index contributed by atoms with van der Waals surface area (Å²) in [5, 5.41) is 21.4. The highest BCUT2D eigenvalue weighted by atomic mass is 35.5. The second-order valence-electron chi connectivity index (χ2n) is 21.8. The second-order valence-corrected chi connectivity index (χ2v) is 22.7. The lowest BCUT2D eigenvalue weighted by atomic mass is 9.91. The van der Waals surface area contributed by atoms with Crippen molar-refractivity contribution in [3.8, 4) is 28.2 Å². The Morgan fingerprint density at radius 2 is 1.09 bits per heavy atom. The van der Waals surface area contributed by atoms with Gasteiger partial charge in [-0.2, -0.15) is 8.42 Å². The van der Waals surface area contributed by atoms with Crippen molar-refractivity contribution in [1.82, 2.24) is 50.8 Å². The number of carbonyl (C=O) groups excluding carboxylic acids is 4. The molecule has 0 saturated heterocycles. The Labute approximate surface area is 492 Å². The van der Waals surface area contributed by atoms with Crippen molar-refractivity contribution in [2.75, 3.05) is 23.7 Å². The molecule has 4 atom stereocenters. The maximum atomic E-state index is 12.5. The molecule has 2 aliphatic carbocycles. The van der Waals surface area contributed by atoms with E-state index in [0.717, 1.165) is 90.0 Å². The fourth-order valence-electron chi connectivity index (χ4n) is 9.74. The highest BCUT2D eigenvalue weighted by molar-refractivity contribution is 7.51. The van der Waals surface area contributed by atoms with Crippen molar-refractivity contribution in [3.05, 3.63) is 114 Å². The summed E-state index contributed by atoms with van der Waals surface area (Å²) < 4.78 is 29.1. The Morgan fingerprint density at radius 3 is 1.60 bits per heavy atom. The van der Waals surface area contributed by atoms with Gasteiger partial charge in [0.15, 0.2) is 0 Å². The van der Waals surface area contributed by atoms with Crippen molar-refractivity contribution in [1.29, 1.82) is 0 Å². The van der Waals surface area contributed by atoms with Gasteiger partial charge in [-0.15, -0.1) is 0 Å². The number of hydrogen-bond donors (Lipinski definition) is 7. The Kier molecular flexibility index (Phi) is 23.2. The maximum absolute atomic E-state index is 12.5. The monoisotopic (exact) mass is 1180 g/mol. The lowest BCUT2D eigenvalue weighted by molar-refractivity contribution is -0.122. The molecular formula is C59H74Cl2N12O8S. The molecule has 0 radical (unpaired) electrons. The zero-order valence-corrected chi connectivity index (χ0v) is 48.6. The van der Waals surface area contributed by atoms with E-state index in [4.69, 9.17) is 51.1 Å². The van der Waals surface area contributed by atoms with Crippen LogP contribution in [0.3, 0.4) is 0 Å². The number of carbonyl (C=O) groups is 4. The molecule has 0 aliphatic heterocycles. The van der Waals surface area contributed by atoms with Crippen molar-refractivity contribution >= 4 is 92.5 Å². The highest BCUT2D eigenvalue weighted by Crippen LogP contribution is 2.37.